The molecular formula is C19H28O5. The molecule has 0 aromatic rings. The number of aldehydes is 1. The molecule has 0 spiro atoms. The maximum atomic E-state index is 11.6. The second-order valence-corrected chi connectivity index (χ2v) is 7.23. The van der Waals surface area contributed by atoms with Crippen molar-refractivity contribution >= 4 is 12.3 Å². The fraction of sp³-hybridized carbons (Fsp3) is 0.789. The van der Waals surface area contributed by atoms with Gasteiger partial charge in [0.2, 0.25) is 0 Å². The number of fused-ring (bicyclic) bond motifs is 1. The van der Waals surface area contributed by atoms with Gasteiger partial charge in [-0.25, -0.2) is 0 Å². The number of carbonyl (C=O) groups is 2. The van der Waals surface area contributed by atoms with Crippen LogP contribution in [0.25, 0.3) is 0 Å². The Morgan fingerprint density at radius 1 is 1.33 bits per heavy atom. The van der Waals surface area contributed by atoms with Gasteiger partial charge in [-0.2, -0.15) is 0 Å². The highest BCUT2D eigenvalue weighted by molar-refractivity contribution is 5.69. The molecule has 24 heavy (non-hydrogen) atoms. The largest absolute Gasteiger partial charge is 0.469 e. The summed E-state index contributed by atoms with van der Waals surface area (Å²) in [4.78, 5) is 22.8. The highest BCUT2D eigenvalue weighted by Crippen LogP contribution is 2.50. The van der Waals surface area contributed by atoms with Gasteiger partial charge in [0.05, 0.1) is 13.2 Å². The molecule has 1 heterocycles. The van der Waals surface area contributed by atoms with E-state index in [-0.39, 0.29) is 24.3 Å². The van der Waals surface area contributed by atoms with Crippen LogP contribution in [0.1, 0.15) is 51.4 Å². The van der Waals surface area contributed by atoms with Crippen molar-refractivity contribution in [3.63, 3.8) is 0 Å². The van der Waals surface area contributed by atoms with Crippen LogP contribution in [-0.2, 0) is 23.8 Å². The molecule has 0 N–H and O–H groups in total. The molecule has 5 heteroatoms. The number of carbonyl (C=O) groups excluding carboxylic acids is 2. The Labute approximate surface area is 143 Å². The van der Waals surface area contributed by atoms with Gasteiger partial charge in [-0.15, -0.1) is 0 Å². The van der Waals surface area contributed by atoms with Gasteiger partial charge in [-0.3, -0.25) is 4.79 Å². The Balaban J connectivity index is 1.52. The SMILES string of the molecule is COC(=O)CC/C=C1/C[C@H]2C[C@@H](OC3CCCCO3)[C@H](C=O)[C@H]2C1. The Morgan fingerprint density at radius 3 is 2.92 bits per heavy atom. The smallest absolute Gasteiger partial charge is 0.305 e. The van der Waals surface area contributed by atoms with Crippen molar-refractivity contribution in [2.45, 2.75) is 63.8 Å². The van der Waals surface area contributed by atoms with E-state index >= 15 is 0 Å². The van der Waals surface area contributed by atoms with Gasteiger partial charge in [0.1, 0.15) is 6.29 Å². The first-order valence-electron chi connectivity index (χ1n) is 9.18. The molecule has 0 bridgehead atoms. The van der Waals surface area contributed by atoms with Crippen molar-refractivity contribution in [3.8, 4) is 0 Å². The van der Waals surface area contributed by atoms with Crippen molar-refractivity contribution < 1.29 is 23.8 Å². The lowest BCUT2D eigenvalue weighted by Gasteiger charge is -2.28. The number of ether oxygens (including phenoxy) is 3. The minimum Gasteiger partial charge on any atom is -0.469 e. The van der Waals surface area contributed by atoms with Gasteiger partial charge < -0.3 is 19.0 Å². The topological polar surface area (TPSA) is 61.8 Å². The molecule has 5 atom stereocenters. The average molecular weight is 336 g/mol. The minimum absolute atomic E-state index is 0.0113. The monoisotopic (exact) mass is 336 g/mol. The number of esters is 1. The number of hydrogen-bond donors (Lipinski definition) is 0. The third kappa shape index (κ3) is 4.06. The lowest BCUT2D eigenvalue weighted by atomic mass is 9.92. The summed E-state index contributed by atoms with van der Waals surface area (Å²) >= 11 is 0. The van der Waals surface area contributed by atoms with E-state index in [1.165, 1.54) is 12.7 Å². The minimum atomic E-state index is -0.170. The van der Waals surface area contributed by atoms with E-state index in [0.29, 0.717) is 18.3 Å². The van der Waals surface area contributed by atoms with Crippen LogP contribution in [0, 0.1) is 17.8 Å². The molecule has 3 aliphatic rings. The third-order valence-corrected chi connectivity index (χ3v) is 5.72. The molecule has 3 rings (SSSR count). The maximum absolute atomic E-state index is 11.6. The predicted octanol–water partition coefficient (Wildman–Crippen LogP) is 3.02. The molecule has 0 aromatic heterocycles. The van der Waals surface area contributed by atoms with Crippen LogP contribution in [0.3, 0.4) is 0 Å². The van der Waals surface area contributed by atoms with Gasteiger partial charge >= 0.3 is 5.97 Å². The molecular weight excluding hydrogens is 308 g/mol. The van der Waals surface area contributed by atoms with Gasteiger partial charge in [-0.1, -0.05) is 11.6 Å². The average Bonchev–Trinajstić information content (AvgIpc) is 3.12. The molecule has 1 aliphatic heterocycles. The van der Waals surface area contributed by atoms with E-state index in [2.05, 4.69) is 10.8 Å². The Kier molecular flexibility index (Phi) is 6.06. The summed E-state index contributed by atoms with van der Waals surface area (Å²) in [6, 6.07) is 0. The van der Waals surface area contributed by atoms with Gasteiger partial charge in [0, 0.05) is 18.9 Å². The number of allylic oxidation sites excluding steroid dienone is 2. The second-order valence-electron chi connectivity index (χ2n) is 7.23. The van der Waals surface area contributed by atoms with Crippen LogP contribution in [0.4, 0.5) is 0 Å². The number of methoxy groups -OCH3 is 1. The van der Waals surface area contributed by atoms with Gasteiger partial charge in [-0.05, 0) is 56.8 Å². The summed E-state index contributed by atoms with van der Waals surface area (Å²) in [5, 5.41) is 0. The quantitative estimate of drug-likeness (QED) is 0.424. The third-order valence-electron chi connectivity index (χ3n) is 5.72. The van der Waals surface area contributed by atoms with Crippen LogP contribution in [0.2, 0.25) is 0 Å². The fourth-order valence-electron chi connectivity index (χ4n) is 4.49. The van der Waals surface area contributed by atoms with Crippen LogP contribution in [0.5, 0.6) is 0 Å². The van der Waals surface area contributed by atoms with Crippen LogP contribution in [0.15, 0.2) is 11.6 Å². The van der Waals surface area contributed by atoms with E-state index in [1.54, 1.807) is 0 Å². The molecule has 2 aliphatic carbocycles. The molecule has 1 saturated heterocycles. The molecule has 3 fully saturated rings. The van der Waals surface area contributed by atoms with E-state index in [4.69, 9.17) is 9.47 Å². The van der Waals surface area contributed by atoms with Crippen molar-refractivity contribution in [1.82, 2.24) is 0 Å². The first kappa shape index (κ1) is 17.6. The van der Waals surface area contributed by atoms with Gasteiger partial charge in [0.25, 0.3) is 0 Å². The van der Waals surface area contributed by atoms with Crippen molar-refractivity contribution in [2.24, 2.45) is 17.8 Å². The van der Waals surface area contributed by atoms with E-state index in [9.17, 15) is 9.59 Å². The lowest BCUT2D eigenvalue weighted by molar-refractivity contribution is -0.194. The molecule has 0 amide bonds. The molecule has 134 valence electrons. The molecule has 1 unspecified atom stereocenters. The van der Waals surface area contributed by atoms with Crippen molar-refractivity contribution in [3.05, 3.63) is 11.6 Å². The summed E-state index contributed by atoms with van der Waals surface area (Å²) in [6.07, 6.45) is 10.4. The van der Waals surface area contributed by atoms with Crippen molar-refractivity contribution in [1.29, 1.82) is 0 Å². The number of hydrogen-bond acceptors (Lipinski definition) is 5. The normalized spacial score (nSPS) is 37.4. The summed E-state index contributed by atoms with van der Waals surface area (Å²) in [6.45, 7) is 0.767. The summed E-state index contributed by atoms with van der Waals surface area (Å²) in [5.41, 5.74) is 1.38. The predicted molar refractivity (Wildman–Crippen MR) is 88.2 cm³/mol. The molecule has 5 nitrogen and oxygen atoms in total. The van der Waals surface area contributed by atoms with Gasteiger partial charge in [0.15, 0.2) is 6.29 Å². The maximum Gasteiger partial charge on any atom is 0.305 e. The van der Waals surface area contributed by atoms with E-state index < -0.39 is 0 Å². The summed E-state index contributed by atoms with van der Waals surface area (Å²) in [5.74, 6) is 0.724. The summed E-state index contributed by atoms with van der Waals surface area (Å²) in [7, 11) is 1.42. The lowest BCUT2D eigenvalue weighted by Crippen LogP contribution is -2.32. The highest BCUT2D eigenvalue weighted by Gasteiger charge is 2.48. The molecule has 0 radical (unpaired) electrons. The number of rotatable bonds is 6. The van der Waals surface area contributed by atoms with Crippen LogP contribution < -0.4 is 0 Å². The van der Waals surface area contributed by atoms with E-state index in [0.717, 1.165) is 57.8 Å². The fourth-order valence-corrected chi connectivity index (χ4v) is 4.49. The van der Waals surface area contributed by atoms with Crippen LogP contribution in [-0.4, -0.2) is 38.4 Å². The highest BCUT2D eigenvalue weighted by atomic mass is 16.7. The first-order valence-corrected chi connectivity index (χ1v) is 9.18. The zero-order chi connectivity index (χ0) is 16.9. The van der Waals surface area contributed by atoms with Crippen molar-refractivity contribution in [2.75, 3.05) is 13.7 Å². The zero-order valence-electron chi connectivity index (χ0n) is 14.4. The second kappa shape index (κ2) is 8.26. The van der Waals surface area contributed by atoms with Crippen LogP contribution >= 0.6 is 0 Å². The molecule has 0 aromatic carbocycles. The zero-order valence-corrected chi connectivity index (χ0v) is 14.4. The Bertz CT molecular complexity index is 480. The summed E-state index contributed by atoms with van der Waals surface area (Å²) < 4.78 is 16.5. The first-order chi connectivity index (χ1) is 11.7. The Morgan fingerprint density at radius 2 is 2.21 bits per heavy atom. The molecule has 2 saturated carbocycles. The Hall–Kier alpha value is -1.20. The standard InChI is InChI=1S/C19H28O5/c1-22-18(21)6-4-5-13-9-14-11-17(16(12-20)15(14)10-13)24-19-7-2-3-8-23-19/h5,12,14-17,19H,2-4,6-11H2,1H3/b13-5-/t14-,15-,16+,17+,19?/m0/s1. The van der Waals surface area contributed by atoms with E-state index in [1.807, 2.05) is 0 Å².